The van der Waals surface area contributed by atoms with E-state index in [0.29, 0.717) is 6.04 Å². The third kappa shape index (κ3) is 2.64. The molecule has 1 aromatic rings. The van der Waals surface area contributed by atoms with Crippen molar-refractivity contribution in [3.05, 3.63) is 24.3 Å². The summed E-state index contributed by atoms with van der Waals surface area (Å²) in [6, 6.07) is 8.88. The van der Waals surface area contributed by atoms with Crippen LogP contribution in [-0.2, 0) is 4.74 Å². The molecule has 1 aliphatic carbocycles. The van der Waals surface area contributed by atoms with Crippen LogP contribution in [-0.4, -0.2) is 24.8 Å². The summed E-state index contributed by atoms with van der Waals surface area (Å²) in [5.74, 6) is 0. The van der Waals surface area contributed by atoms with Crippen LogP contribution in [0.25, 0.3) is 0 Å². The molecule has 2 fully saturated rings. The molecule has 2 aliphatic rings. The highest BCUT2D eigenvalue weighted by Gasteiger charge is 2.41. The van der Waals surface area contributed by atoms with Gasteiger partial charge in [-0.2, -0.15) is 0 Å². The Hall–Kier alpha value is -1.22. The molecule has 1 unspecified atom stereocenters. The van der Waals surface area contributed by atoms with Crippen LogP contribution in [0.3, 0.4) is 0 Å². The second-order valence-electron chi connectivity index (χ2n) is 6.27. The molecule has 1 aliphatic heterocycles. The van der Waals surface area contributed by atoms with Gasteiger partial charge in [-0.3, -0.25) is 0 Å². The fourth-order valence-corrected chi connectivity index (χ4v) is 3.99. The molecule has 1 spiro atoms. The predicted octanol–water partition coefficient (Wildman–Crippen LogP) is 3.59. The molecule has 3 rings (SSSR count). The summed E-state index contributed by atoms with van der Waals surface area (Å²) in [7, 11) is 0. The number of nitrogens with two attached hydrogens (primary N) is 1. The largest absolute Gasteiger partial charge is 0.399 e. The Morgan fingerprint density at radius 1 is 1.35 bits per heavy atom. The van der Waals surface area contributed by atoms with Crippen LogP contribution in [0.1, 0.15) is 45.4 Å². The summed E-state index contributed by atoms with van der Waals surface area (Å²) < 4.78 is 6.16. The van der Waals surface area contributed by atoms with Crippen molar-refractivity contribution in [2.75, 3.05) is 23.8 Å². The van der Waals surface area contributed by atoms with Crippen molar-refractivity contribution in [3.63, 3.8) is 0 Å². The van der Waals surface area contributed by atoms with Gasteiger partial charge in [0.2, 0.25) is 0 Å². The summed E-state index contributed by atoms with van der Waals surface area (Å²) in [6.45, 7) is 4.17. The zero-order valence-corrected chi connectivity index (χ0v) is 12.5. The van der Waals surface area contributed by atoms with E-state index in [4.69, 9.17) is 10.5 Å². The average Bonchev–Trinajstić information content (AvgIpc) is 2.88. The molecule has 2 N–H and O–H groups in total. The fourth-order valence-electron chi connectivity index (χ4n) is 3.99. The first kappa shape index (κ1) is 13.7. The summed E-state index contributed by atoms with van der Waals surface area (Å²) >= 11 is 0. The molecule has 1 atom stereocenters. The number of hydrogen-bond donors (Lipinski definition) is 1. The number of rotatable bonds is 3. The fraction of sp³-hybridized carbons (Fsp3) is 0.647. The Kier molecular flexibility index (Phi) is 3.88. The number of nitrogens with zero attached hydrogens (tertiary/aromatic N) is 1. The van der Waals surface area contributed by atoms with Gasteiger partial charge >= 0.3 is 0 Å². The van der Waals surface area contributed by atoms with Crippen molar-refractivity contribution in [2.45, 2.75) is 57.1 Å². The zero-order valence-electron chi connectivity index (χ0n) is 12.5. The third-order valence-corrected chi connectivity index (χ3v) is 4.97. The molecule has 110 valence electrons. The Labute approximate surface area is 122 Å². The first-order valence-corrected chi connectivity index (χ1v) is 7.99. The SMILES string of the molecule is CCN(c1cccc(N)c1)C1CCOC2(CCCC2)C1. The number of hydrogen-bond acceptors (Lipinski definition) is 3. The topological polar surface area (TPSA) is 38.5 Å². The zero-order chi connectivity index (χ0) is 14.0. The maximum Gasteiger partial charge on any atom is 0.0702 e. The van der Waals surface area contributed by atoms with E-state index >= 15 is 0 Å². The Balaban J connectivity index is 1.78. The first-order valence-electron chi connectivity index (χ1n) is 7.99. The lowest BCUT2D eigenvalue weighted by atomic mass is 9.88. The standard InChI is InChI=1S/C17H26N2O/c1-2-19(15-7-5-6-14(18)12-15)16-8-11-20-17(13-16)9-3-4-10-17/h5-7,12,16H,2-4,8-11,13,18H2,1H3. The quantitative estimate of drug-likeness (QED) is 0.856. The molecular weight excluding hydrogens is 248 g/mol. The number of ether oxygens (including phenoxy) is 1. The average molecular weight is 274 g/mol. The van der Waals surface area contributed by atoms with Crippen LogP contribution in [0.4, 0.5) is 11.4 Å². The molecule has 0 amide bonds. The van der Waals surface area contributed by atoms with Gasteiger partial charge in [0.25, 0.3) is 0 Å². The van der Waals surface area contributed by atoms with Gasteiger partial charge in [-0.15, -0.1) is 0 Å². The van der Waals surface area contributed by atoms with Gasteiger partial charge in [0.15, 0.2) is 0 Å². The molecule has 0 aromatic heterocycles. The monoisotopic (exact) mass is 274 g/mol. The van der Waals surface area contributed by atoms with E-state index in [2.05, 4.69) is 30.0 Å². The van der Waals surface area contributed by atoms with Crippen LogP contribution in [0.2, 0.25) is 0 Å². The molecule has 1 aromatic carbocycles. The van der Waals surface area contributed by atoms with Gasteiger partial charge in [0.05, 0.1) is 5.60 Å². The Morgan fingerprint density at radius 3 is 2.85 bits per heavy atom. The lowest BCUT2D eigenvalue weighted by molar-refractivity contribution is -0.0799. The van der Waals surface area contributed by atoms with Gasteiger partial charge in [-0.25, -0.2) is 0 Å². The number of anilines is 2. The normalized spacial score (nSPS) is 24.9. The molecule has 1 heterocycles. The maximum atomic E-state index is 6.16. The van der Waals surface area contributed by atoms with Crippen molar-refractivity contribution >= 4 is 11.4 Å². The van der Waals surface area contributed by atoms with Gasteiger partial charge in [-0.05, 0) is 50.8 Å². The van der Waals surface area contributed by atoms with E-state index in [9.17, 15) is 0 Å². The number of nitrogen functional groups attached to an aromatic ring is 1. The highest BCUT2D eigenvalue weighted by molar-refractivity contribution is 5.56. The minimum atomic E-state index is 0.177. The summed E-state index contributed by atoms with van der Waals surface area (Å²) in [5, 5.41) is 0. The minimum Gasteiger partial charge on any atom is -0.399 e. The molecule has 3 nitrogen and oxygen atoms in total. The van der Waals surface area contributed by atoms with E-state index in [1.54, 1.807) is 0 Å². The van der Waals surface area contributed by atoms with Gasteiger partial charge in [0, 0.05) is 30.6 Å². The van der Waals surface area contributed by atoms with Gasteiger partial charge in [0.1, 0.15) is 0 Å². The van der Waals surface area contributed by atoms with Gasteiger partial charge < -0.3 is 15.4 Å². The first-order chi connectivity index (χ1) is 9.72. The van der Waals surface area contributed by atoms with Crippen molar-refractivity contribution in [3.8, 4) is 0 Å². The van der Waals surface area contributed by atoms with Crippen molar-refractivity contribution in [1.29, 1.82) is 0 Å². The van der Waals surface area contributed by atoms with E-state index < -0.39 is 0 Å². The van der Waals surface area contributed by atoms with E-state index in [1.165, 1.54) is 37.8 Å². The van der Waals surface area contributed by atoms with Crippen LogP contribution in [0.5, 0.6) is 0 Å². The van der Waals surface area contributed by atoms with Gasteiger partial charge in [-0.1, -0.05) is 18.9 Å². The Morgan fingerprint density at radius 2 is 2.15 bits per heavy atom. The van der Waals surface area contributed by atoms with Crippen molar-refractivity contribution in [1.82, 2.24) is 0 Å². The van der Waals surface area contributed by atoms with Crippen molar-refractivity contribution in [2.24, 2.45) is 0 Å². The molecule has 3 heteroatoms. The lowest BCUT2D eigenvalue weighted by Gasteiger charge is -2.43. The summed E-state index contributed by atoms with van der Waals surface area (Å²) in [6.07, 6.45) is 7.46. The van der Waals surface area contributed by atoms with E-state index in [1.807, 2.05) is 6.07 Å². The smallest absolute Gasteiger partial charge is 0.0702 e. The highest BCUT2D eigenvalue weighted by atomic mass is 16.5. The van der Waals surface area contributed by atoms with E-state index in [-0.39, 0.29) is 5.60 Å². The molecule has 0 bridgehead atoms. The second-order valence-corrected chi connectivity index (χ2v) is 6.27. The minimum absolute atomic E-state index is 0.177. The van der Waals surface area contributed by atoms with Crippen LogP contribution < -0.4 is 10.6 Å². The number of benzene rings is 1. The molecule has 1 saturated heterocycles. The van der Waals surface area contributed by atoms with Crippen LogP contribution in [0.15, 0.2) is 24.3 Å². The van der Waals surface area contributed by atoms with Crippen LogP contribution >= 0.6 is 0 Å². The molecule has 1 saturated carbocycles. The highest BCUT2D eigenvalue weighted by Crippen LogP contribution is 2.41. The predicted molar refractivity (Wildman–Crippen MR) is 84.0 cm³/mol. The second kappa shape index (κ2) is 5.65. The maximum absolute atomic E-state index is 6.16. The van der Waals surface area contributed by atoms with E-state index in [0.717, 1.165) is 25.3 Å². The summed E-state index contributed by atoms with van der Waals surface area (Å²) in [5.41, 5.74) is 8.23. The van der Waals surface area contributed by atoms with Crippen LogP contribution in [0, 0.1) is 0 Å². The summed E-state index contributed by atoms with van der Waals surface area (Å²) in [4.78, 5) is 2.51. The Bertz CT molecular complexity index is 454. The molecule has 0 radical (unpaired) electrons. The third-order valence-electron chi connectivity index (χ3n) is 4.97. The molecular formula is C17H26N2O. The lowest BCUT2D eigenvalue weighted by Crippen LogP contribution is -2.47. The van der Waals surface area contributed by atoms with Crippen molar-refractivity contribution < 1.29 is 4.74 Å². The molecule has 20 heavy (non-hydrogen) atoms.